The van der Waals surface area contributed by atoms with E-state index in [1.165, 1.54) is 12.5 Å². The zero-order chi connectivity index (χ0) is 18.4. The van der Waals surface area contributed by atoms with Crippen molar-refractivity contribution in [2.24, 2.45) is 0 Å². The van der Waals surface area contributed by atoms with Crippen molar-refractivity contribution in [3.05, 3.63) is 59.9 Å². The van der Waals surface area contributed by atoms with E-state index >= 15 is 0 Å². The number of anilines is 1. The van der Waals surface area contributed by atoms with Crippen LogP contribution in [0.1, 0.15) is 68.4 Å². The van der Waals surface area contributed by atoms with E-state index in [9.17, 15) is 9.59 Å². The third-order valence-electron chi connectivity index (χ3n) is 4.72. The van der Waals surface area contributed by atoms with Crippen molar-refractivity contribution in [1.82, 2.24) is 0 Å². The first-order valence-corrected chi connectivity index (χ1v) is 8.88. The number of aromatic nitrogens is 1. The Hall–Kier alpha value is -2.49. The largest absolute Gasteiger partial charge is 0.320 e. The third-order valence-corrected chi connectivity index (χ3v) is 4.72. The molecule has 2 rings (SSSR count). The van der Waals surface area contributed by atoms with E-state index in [-0.39, 0.29) is 17.7 Å². The van der Waals surface area contributed by atoms with Gasteiger partial charge >= 0.3 is 0 Å². The monoisotopic (exact) mass is 339 g/mol. The van der Waals surface area contributed by atoms with E-state index < -0.39 is 0 Å². The molecule has 0 saturated carbocycles. The first-order valence-electron chi connectivity index (χ1n) is 8.88. The number of Topliss-reactive ketones (excluding diaryl/α,β-unsaturated/α-hetero) is 1. The number of pyridine rings is 1. The second-order valence-corrected chi connectivity index (χ2v) is 6.39. The third kappa shape index (κ3) is 4.75. The van der Waals surface area contributed by atoms with Gasteiger partial charge in [0.05, 0.1) is 0 Å². The molecule has 1 aromatic carbocycles. The van der Waals surface area contributed by atoms with Crippen LogP contribution in [-0.4, -0.2) is 11.7 Å². The highest BCUT2D eigenvalue weighted by molar-refractivity contribution is 5.96. The van der Waals surface area contributed by atoms with Crippen molar-refractivity contribution < 1.29 is 14.2 Å². The van der Waals surface area contributed by atoms with Crippen LogP contribution >= 0.6 is 0 Å². The molecule has 0 aliphatic carbocycles. The van der Waals surface area contributed by atoms with Gasteiger partial charge in [-0.15, -0.1) is 0 Å². The number of benzene rings is 1. The molecule has 0 radical (unpaired) electrons. The van der Waals surface area contributed by atoms with E-state index in [4.69, 9.17) is 0 Å². The van der Waals surface area contributed by atoms with Crippen LogP contribution in [0.15, 0.2) is 48.8 Å². The summed E-state index contributed by atoms with van der Waals surface area (Å²) in [5.74, 6) is 0.494. The molecule has 1 heterocycles. The maximum Gasteiger partial charge on any atom is 0.293 e. The Bertz CT molecular complexity index is 717. The van der Waals surface area contributed by atoms with Crippen LogP contribution in [0.5, 0.6) is 0 Å². The topological polar surface area (TPSA) is 50.0 Å². The average molecular weight is 339 g/mol. The summed E-state index contributed by atoms with van der Waals surface area (Å²) in [6.45, 7) is 7.79. The molecule has 0 saturated heterocycles. The molecule has 0 unspecified atom stereocenters. The minimum Gasteiger partial charge on any atom is -0.320 e. The van der Waals surface area contributed by atoms with Gasteiger partial charge in [-0.1, -0.05) is 13.8 Å². The summed E-state index contributed by atoms with van der Waals surface area (Å²) >= 11 is 0. The number of nitrogens with one attached hydrogen (secondary N) is 1. The first-order chi connectivity index (χ1) is 12.0. The van der Waals surface area contributed by atoms with E-state index in [2.05, 4.69) is 31.3 Å². The van der Waals surface area contributed by atoms with Crippen LogP contribution < -0.4 is 9.88 Å². The van der Waals surface area contributed by atoms with Crippen LogP contribution in [0, 0.1) is 0 Å². The Balaban J connectivity index is 2.05. The number of amides is 1. The summed E-state index contributed by atoms with van der Waals surface area (Å²) < 4.78 is 1.91. The van der Waals surface area contributed by atoms with Gasteiger partial charge in [-0.3, -0.25) is 9.59 Å². The molecule has 1 N–H and O–H groups in total. The SMILES string of the molecule is CCC(CC)c1cc[n+]([C@H](C)C(=O)Nc2ccc(C(C)=O)cc2)cc1. The van der Waals surface area contributed by atoms with E-state index in [1.54, 1.807) is 24.3 Å². The second kappa shape index (κ2) is 8.56. The molecule has 4 nitrogen and oxygen atoms in total. The fourth-order valence-electron chi connectivity index (χ4n) is 2.91. The molecule has 1 atom stereocenters. The molecule has 2 aromatic rings. The predicted octanol–water partition coefficient (Wildman–Crippen LogP) is 4.28. The summed E-state index contributed by atoms with van der Waals surface area (Å²) in [6, 6.07) is 10.8. The highest BCUT2D eigenvalue weighted by Gasteiger charge is 2.22. The van der Waals surface area contributed by atoms with Crippen LogP contribution in [0.2, 0.25) is 0 Å². The summed E-state index contributed by atoms with van der Waals surface area (Å²) in [5, 5.41) is 2.89. The lowest BCUT2D eigenvalue weighted by molar-refractivity contribution is -0.705. The average Bonchev–Trinajstić information content (AvgIpc) is 2.63. The van der Waals surface area contributed by atoms with Crippen molar-refractivity contribution in [3.8, 4) is 0 Å². The van der Waals surface area contributed by atoms with Gasteiger partial charge in [-0.2, -0.15) is 4.57 Å². The zero-order valence-corrected chi connectivity index (χ0v) is 15.5. The summed E-state index contributed by atoms with van der Waals surface area (Å²) in [4.78, 5) is 23.8. The molecule has 0 bridgehead atoms. The molecule has 25 heavy (non-hydrogen) atoms. The predicted molar refractivity (Wildman–Crippen MR) is 99.7 cm³/mol. The highest BCUT2D eigenvalue weighted by atomic mass is 16.2. The number of carbonyl (C=O) groups excluding carboxylic acids is 2. The van der Waals surface area contributed by atoms with Gasteiger partial charge in [0.25, 0.3) is 5.91 Å². The van der Waals surface area contributed by atoms with Gasteiger partial charge in [-0.05, 0) is 55.5 Å². The Labute approximate surface area is 149 Å². The van der Waals surface area contributed by atoms with E-state index in [0.717, 1.165) is 12.8 Å². The van der Waals surface area contributed by atoms with Crippen molar-refractivity contribution in [2.75, 3.05) is 5.32 Å². The lowest BCUT2D eigenvalue weighted by Crippen LogP contribution is -2.44. The molecule has 0 spiro atoms. The molecule has 0 fully saturated rings. The molecule has 0 aliphatic rings. The minimum absolute atomic E-state index is 0.0133. The molecule has 132 valence electrons. The Morgan fingerprint density at radius 2 is 1.56 bits per heavy atom. The first kappa shape index (κ1) is 18.8. The van der Waals surface area contributed by atoms with Crippen molar-refractivity contribution in [2.45, 2.75) is 52.5 Å². The van der Waals surface area contributed by atoms with E-state index in [1.807, 2.05) is 23.9 Å². The van der Waals surface area contributed by atoms with Crippen LogP contribution in [-0.2, 0) is 4.79 Å². The second-order valence-electron chi connectivity index (χ2n) is 6.39. The smallest absolute Gasteiger partial charge is 0.293 e. The van der Waals surface area contributed by atoms with Gasteiger partial charge in [0.2, 0.25) is 6.04 Å². The van der Waals surface area contributed by atoms with Crippen LogP contribution in [0.3, 0.4) is 0 Å². The van der Waals surface area contributed by atoms with Gasteiger partial charge in [-0.25, -0.2) is 0 Å². The molecule has 4 heteroatoms. The Kier molecular flexibility index (Phi) is 6.45. The standard InChI is InChI=1S/C21H26N2O2/c1-5-17(6-2)19-11-13-23(14-12-19)15(3)21(25)22-20-9-7-18(8-10-20)16(4)24/h7-15,17H,5-6H2,1-4H3/p+1/t15-/m1/s1. The highest BCUT2D eigenvalue weighted by Crippen LogP contribution is 2.21. The number of hydrogen-bond acceptors (Lipinski definition) is 2. The van der Waals surface area contributed by atoms with E-state index in [0.29, 0.717) is 17.2 Å². The molecular formula is C21H27N2O2+. The fourth-order valence-corrected chi connectivity index (χ4v) is 2.91. The number of ketones is 1. The quantitative estimate of drug-likeness (QED) is 0.604. The molecule has 0 aliphatic heterocycles. The lowest BCUT2D eigenvalue weighted by atomic mass is 9.95. The number of hydrogen-bond donors (Lipinski definition) is 1. The van der Waals surface area contributed by atoms with Crippen LogP contribution in [0.25, 0.3) is 0 Å². The van der Waals surface area contributed by atoms with Gasteiger partial charge < -0.3 is 5.32 Å². The van der Waals surface area contributed by atoms with Gasteiger partial charge in [0.1, 0.15) is 0 Å². The number of nitrogens with zero attached hydrogens (tertiary/aromatic N) is 1. The van der Waals surface area contributed by atoms with Gasteiger partial charge in [0, 0.05) is 30.3 Å². The maximum absolute atomic E-state index is 12.5. The maximum atomic E-state index is 12.5. The lowest BCUT2D eigenvalue weighted by Gasteiger charge is -2.13. The number of rotatable bonds is 7. The Morgan fingerprint density at radius 1 is 1.00 bits per heavy atom. The number of carbonyl (C=O) groups is 2. The van der Waals surface area contributed by atoms with Crippen molar-refractivity contribution >= 4 is 17.4 Å². The zero-order valence-electron chi connectivity index (χ0n) is 15.5. The fraction of sp³-hybridized carbons (Fsp3) is 0.381. The van der Waals surface area contributed by atoms with Crippen molar-refractivity contribution in [3.63, 3.8) is 0 Å². The summed E-state index contributed by atoms with van der Waals surface area (Å²) in [7, 11) is 0. The molecular weight excluding hydrogens is 312 g/mol. The summed E-state index contributed by atoms with van der Waals surface area (Å²) in [6.07, 6.45) is 6.17. The normalized spacial score (nSPS) is 12.0. The summed E-state index contributed by atoms with van der Waals surface area (Å²) in [5.41, 5.74) is 2.64. The molecule has 1 aromatic heterocycles. The molecule has 1 amide bonds. The van der Waals surface area contributed by atoms with Crippen molar-refractivity contribution in [1.29, 1.82) is 0 Å². The minimum atomic E-state index is -0.316. The van der Waals surface area contributed by atoms with Gasteiger partial charge in [0.15, 0.2) is 18.2 Å². The Morgan fingerprint density at radius 3 is 2.04 bits per heavy atom. The van der Waals surface area contributed by atoms with Crippen LogP contribution in [0.4, 0.5) is 5.69 Å².